The van der Waals surface area contributed by atoms with Gasteiger partial charge in [0.15, 0.2) is 5.96 Å². The van der Waals surface area contributed by atoms with Crippen LogP contribution in [0.5, 0.6) is 0 Å². The van der Waals surface area contributed by atoms with Crippen molar-refractivity contribution in [2.45, 2.75) is 12.5 Å². The van der Waals surface area contributed by atoms with E-state index in [1.807, 2.05) is 4.90 Å². The summed E-state index contributed by atoms with van der Waals surface area (Å²) in [6.07, 6.45) is 6.56. The molecular formula is C13H14FN3. The highest BCUT2D eigenvalue weighted by atomic mass is 19.1. The van der Waals surface area contributed by atoms with Crippen molar-refractivity contribution in [3.05, 3.63) is 35.6 Å². The molecule has 3 nitrogen and oxygen atoms in total. The fourth-order valence-corrected chi connectivity index (χ4v) is 1.61. The molecule has 1 aliphatic heterocycles. The van der Waals surface area contributed by atoms with Gasteiger partial charge in [0.25, 0.3) is 0 Å². The summed E-state index contributed by atoms with van der Waals surface area (Å²) in [6, 6.07) is 5.56. The zero-order chi connectivity index (χ0) is 12.3. The van der Waals surface area contributed by atoms with E-state index in [2.05, 4.69) is 10.9 Å². The third kappa shape index (κ3) is 2.56. The SMILES string of the molecule is C#CC(N=C(N)N1CCC1)c1ccc(F)cc1. The minimum absolute atomic E-state index is 0.288. The van der Waals surface area contributed by atoms with Gasteiger partial charge in [0.05, 0.1) is 0 Å². The highest BCUT2D eigenvalue weighted by Crippen LogP contribution is 2.18. The summed E-state index contributed by atoms with van der Waals surface area (Å²) < 4.78 is 12.8. The molecule has 0 bridgehead atoms. The second kappa shape index (κ2) is 4.88. The van der Waals surface area contributed by atoms with E-state index in [0.29, 0.717) is 5.96 Å². The molecule has 1 fully saturated rings. The number of likely N-dealkylation sites (tertiary alicyclic amines) is 1. The van der Waals surface area contributed by atoms with Crippen molar-refractivity contribution >= 4 is 5.96 Å². The molecule has 0 spiro atoms. The standard InChI is InChI=1S/C13H14FN3/c1-2-12(10-4-6-11(14)7-5-10)16-13(15)17-8-3-9-17/h1,4-7,12H,3,8-9H2,(H2,15,16). The summed E-state index contributed by atoms with van der Waals surface area (Å²) in [4.78, 5) is 6.24. The highest BCUT2D eigenvalue weighted by Gasteiger charge is 2.17. The number of nitrogens with two attached hydrogens (primary N) is 1. The molecule has 1 unspecified atom stereocenters. The van der Waals surface area contributed by atoms with Gasteiger partial charge in [0.2, 0.25) is 0 Å². The summed E-state index contributed by atoms with van der Waals surface area (Å²) in [7, 11) is 0. The van der Waals surface area contributed by atoms with Crippen molar-refractivity contribution in [2.24, 2.45) is 10.7 Å². The van der Waals surface area contributed by atoms with E-state index in [1.165, 1.54) is 12.1 Å². The normalized spacial score (nSPS) is 17.2. The molecule has 0 aliphatic carbocycles. The van der Waals surface area contributed by atoms with E-state index >= 15 is 0 Å². The maximum atomic E-state index is 12.8. The third-order valence-electron chi connectivity index (χ3n) is 2.79. The topological polar surface area (TPSA) is 41.6 Å². The molecule has 1 heterocycles. The molecule has 0 amide bonds. The Balaban J connectivity index is 2.16. The van der Waals surface area contributed by atoms with Crippen LogP contribution in [0.3, 0.4) is 0 Å². The summed E-state index contributed by atoms with van der Waals surface area (Å²) >= 11 is 0. The van der Waals surface area contributed by atoms with Crippen LogP contribution < -0.4 is 5.73 Å². The molecule has 1 aromatic rings. The van der Waals surface area contributed by atoms with Gasteiger partial charge in [-0.15, -0.1) is 6.42 Å². The second-order valence-electron chi connectivity index (χ2n) is 3.95. The van der Waals surface area contributed by atoms with Crippen molar-refractivity contribution in [2.75, 3.05) is 13.1 Å². The van der Waals surface area contributed by atoms with E-state index in [0.717, 1.165) is 25.1 Å². The number of terminal acetylenes is 1. The number of halogens is 1. The minimum atomic E-state index is -0.448. The Morgan fingerprint density at radius 1 is 1.41 bits per heavy atom. The van der Waals surface area contributed by atoms with Gasteiger partial charge >= 0.3 is 0 Å². The van der Waals surface area contributed by atoms with Crippen LogP contribution >= 0.6 is 0 Å². The van der Waals surface area contributed by atoms with Crippen LogP contribution in [0.1, 0.15) is 18.0 Å². The van der Waals surface area contributed by atoms with Crippen molar-refractivity contribution in [1.29, 1.82) is 0 Å². The molecule has 0 radical (unpaired) electrons. The molecule has 88 valence electrons. The Labute approximate surface area is 100 Å². The Morgan fingerprint density at radius 3 is 2.53 bits per heavy atom. The first-order chi connectivity index (χ1) is 8.20. The Bertz CT molecular complexity index is 455. The van der Waals surface area contributed by atoms with Crippen LogP contribution in [-0.2, 0) is 0 Å². The fourth-order valence-electron chi connectivity index (χ4n) is 1.61. The van der Waals surface area contributed by atoms with Crippen molar-refractivity contribution in [1.82, 2.24) is 4.90 Å². The lowest BCUT2D eigenvalue weighted by atomic mass is 10.1. The van der Waals surface area contributed by atoms with Gasteiger partial charge in [0.1, 0.15) is 11.9 Å². The van der Waals surface area contributed by atoms with Crippen molar-refractivity contribution in [3.8, 4) is 12.3 Å². The molecule has 1 aliphatic rings. The Morgan fingerprint density at radius 2 is 2.06 bits per heavy atom. The van der Waals surface area contributed by atoms with Gasteiger partial charge < -0.3 is 10.6 Å². The quantitative estimate of drug-likeness (QED) is 0.476. The zero-order valence-corrected chi connectivity index (χ0v) is 9.44. The van der Waals surface area contributed by atoms with Crippen molar-refractivity contribution < 1.29 is 4.39 Å². The van der Waals surface area contributed by atoms with Crippen molar-refractivity contribution in [3.63, 3.8) is 0 Å². The van der Waals surface area contributed by atoms with Gasteiger partial charge in [-0.2, -0.15) is 0 Å². The first-order valence-electron chi connectivity index (χ1n) is 5.50. The van der Waals surface area contributed by atoms with E-state index in [1.54, 1.807) is 12.1 Å². The predicted molar refractivity (Wildman–Crippen MR) is 65.8 cm³/mol. The van der Waals surface area contributed by atoms with Gasteiger partial charge in [-0.05, 0) is 24.1 Å². The molecule has 4 heteroatoms. The number of nitrogens with zero attached hydrogens (tertiary/aromatic N) is 2. The summed E-state index contributed by atoms with van der Waals surface area (Å²) in [5.74, 6) is 2.73. The van der Waals surface area contributed by atoms with E-state index in [-0.39, 0.29) is 5.82 Å². The number of benzene rings is 1. The van der Waals surface area contributed by atoms with Crippen LogP contribution in [0, 0.1) is 18.2 Å². The van der Waals surface area contributed by atoms with Gasteiger partial charge in [-0.25, -0.2) is 9.38 Å². The lowest BCUT2D eigenvalue weighted by Crippen LogP contribution is -2.46. The Hall–Kier alpha value is -2.02. The average molecular weight is 231 g/mol. The lowest BCUT2D eigenvalue weighted by molar-refractivity contribution is 0.295. The number of guanidine groups is 1. The number of hydrogen-bond acceptors (Lipinski definition) is 1. The minimum Gasteiger partial charge on any atom is -0.370 e. The average Bonchev–Trinajstić information content (AvgIpc) is 2.25. The molecular weight excluding hydrogens is 217 g/mol. The van der Waals surface area contributed by atoms with E-state index in [9.17, 15) is 4.39 Å². The molecule has 0 saturated carbocycles. The lowest BCUT2D eigenvalue weighted by Gasteiger charge is -2.32. The zero-order valence-electron chi connectivity index (χ0n) is 9.44. The largest absolute Gasteiger partial charge is 0.370 e. The van der Waals surface area contributed by atoms with E-state index in [4.69, 9.17) is 12.2 Å². The van der Waals surface area contributed by atoms with Crippen LogP contribution in [0.15, 0.2) is 29.3 Å². The fraction of sp³-hybridized carbons (Fsp3) is 0.308. The predicted octanol–water partition coefficient (Wildman–Crippen LogP) is 1.52. The first kappa shape index (κ1) is 11.5. The Kier molecular flexibility index (Phi) is 3.29. The molecule has 2 rings (SSSR count). The van der Waals surface area contributed by atoms with Crippen LogP contribution in [0.4, 0.5) is 4.39 Å². The van der Waals surface area contributed by atoms with Crippen LogP contribution in [0.2, 0.25) is 0 Å². The second-order valence-corrected chi connectivity index (χ2v) is 3.95. The number of aliphatic imine (C=N–C) groups is 1. The molecule has 1 saturated heterocycles. The highest BCUT2D eigenvalue weighted by molar-refractivity contribution is 5.79. The third-order valence-corrected chi connectivity index (χ3v) is 2.79. The molecule has 2 N–H and O–H groups in total. The summed E-state index contributed by atoms with van der Waals surface area (Å²) in [6.45, 7) is 1.85. The number of hydrogen-bond donors (Lipinski definition) is 1. The molecule has 0 aromatic heterocycles. The maximum Gasteiger partial charge on any atom is 0.192 e. The van der Waals surface area contributed by atoms with Crippen LogP contribution in [0.25, 0.3) is 0 Å². The van der Waals surface area contributed by atoms with Gasteiger partial charge in [0, 0.05) is 13.1 Å². The summed E-state index contributed by atoms with van der Waals surface area (Å²) in [5, 5.41) is 0. The van der Waals surface area contributed by atoms with E-state index < -0.39 is 6.04 Å². The molecule has 1 atom stereocenters. The smallest absolute Gasteiger partial charge is 0.192 e. The first-order valence-corrected chi connectivity index (χ1v) is 5.50. The van der Waals surface area contributed by atoms with Crippen LogP contribution in [-0.4, -0.2) is 23.9 Å². The summed E-state index contributed by atoms with van der Waals surface area (Å²) in [5.41, 5.74) is 6.60. The molecule has 17 heavy (non-hydrogen) atoms. The van der Waals surface area contributed by atoms with Gasteiger partial charge in [-0.3, -0.25) is 0 Å². The monoisotopic (exact) mass is 231 g/mol. The number of rotatable bonds is 2. The van der Waals surface area contributed by atoms with Gasteiger partial charge in [-0.1, -0.05) is 18.1 Å². The maximum absolute atomic E-state index is 12.8. The molecule has 1 aromatic carbocycles.